The number of benzene rings is 3. The highest BCUT2D eigenvalue weighted by Crippen LogP contribution is 2.52. The average molecular weight is 452 g/mol. The smallest absolute Gasteiger partial charge is 0.0451 e. The molecule has 0 aromatic heterocycles. The van der Waals surface area contributed by atoms with Crippen LogP contribution >= 0.6 is 0 Å². The van der Waals surface area contributed by atoms with Crippen molar-refractivity contribution in [1.29, 1.82) is 0 Å². The molecule has 0 N–H and O–H groups in total. The van der Waals surface area contributed by atoms with Crippen molar-refractivity contribution in [2.45, 2.75) is 97.4 Å². The van der Waals surface area contributed by atoms with Crippen molar-refractivity contribution in [2.24, 2.45) is 0 Å². The lowest BCUT2D eigenvalue weighted by atomic mass is 9.78. The van der Waals surface area contributed by atoms with Crippen LogP contribution in [-0.4, -0.2) is 5.54 Å². The van der Waals surface area contributed by atoms with E-state index < -0.39 is 0 Å². The molecule has 178 valence electrons. The first-order chi connectivity index (χ1) is 16.1. The Kier molecular flexibility index (Phi) is 5.66. The van der Waals surface area contributed by atoms with Crippen LogP contribution in [-0.2, 0) is 5.41 Å². The zero-order chi connectivity index (χ0) is 24.3. The molecule has 1 nitrogen and oxygen atoms in total. The predicted octanol–water partition coefficient (Wildman–Crippen LogP) is 9.59. The number of hydrogen-bond donors (Lipinski definition) is 0. The van der Waals surface area contributed by atoms with Gasteiger partial charge in [-0.3, -0.25) is 0 Å². The van der Waals surface area contributed by atoms with Gasteiger partial charge in [0.2, 0.25) is 0 Å². The molecule has 1 saturated carbocycles. The molecule has 0 atom stereocenters. The van der Waals surface area contributed by atoms with E-state index in [1.54, 1.807) is 5.56 Å². The van der Waals surface area contributed by atoms with Gasteiger partial charge < -0.3 is 4.90 Å². The molecule has 1 heteroatoms. The summed E-state index contributed by atoms with van der Waals surface area (Å²) in [6.07, 6.45) is 6.88. The Labute approximate surface area is 207 Å². The Morgan fingerprint density at radius 3 is 2.09 bits per heavy atom. The van der Waals surface area contributed by atoms with Crippen molar-refractivity contribution in [1.82, 2.24) is 0 Å². The van der Waals surface area contributed by atoms with Crippen LogP contribution in [0.2, 0.25) is 0 Å². The minimum Gasteiger partial charge on any atom is -0.336 e. The van der Waals surface area contributed by atoms with E-state index in [1.165, 1.54) is 76.9 Å². The minimum absolute atomic E-state index is 0.0348. The maximum Gasteiger partial charge on any atom is 0.0451 e. The summed E-state index contributed by atoms with van der Waals surface area (Å²) in [6, 6.07) is 21.2. The Morgan fingerprint density at radius 1 is 0.735 bits per heavy atom. The van der Waals surface area contributed by atoms with Gasteiger partial charge in [0.05, 0.1) is 0 Å². The van der Waals surface area contributed by atoms with Gasteiger partial charge in [-0.1, -0.05) is 75.6 Å². The van der Waals surface area contributed by atoms with Crippen LogP contribution in [0.5, 0.6) is 0 Å². The summed E-state index contributed by atoms with van der Waals surface area (Å²) in [5, 5.41) is 0. The highest BCUT2D eigenvalue weighted by molar-refractivity contribution is 5.86. The molecule has 1 fully saturated rings. The van der Waals surface area contributed by atoms with Crippen molar-refractivity contribution >= 4 is 11.4 Å². The molecule has 0 spiro atoms. The van der Waals surface area contributed by atoms with Crippen LogP contribution in [0.15, 0.2) is 54.6 Å². The van der Waals surface area contributed by atoms with Crippen LogP contribution in [0.1, 0.15) is 100 Å². The lowest BCUT2D eigenvalue weighted by Crippen LogP contribution is -2.38. The standard InChI is InChI=1S/C33H41N/c1-22-13-11-12-16-30(22)34(32(3,4)5)31-21-27-26-18-17-25(24-14-9-8-10-15-24)20-29(26)33(6,7)28(27)19-23(31)2/h11-13,16-21,24H,8-10,14-15H2,1-7H3. The monoisotopic (exact) mass is 451 g/mol. The molecule has 0 aliphatic heterocycles. The van der Waals surface area contributed by atoms with E-state index in [0.717, 1.165) is 5.92 Å². The maximum absolute atomic E-state index is 2.56. The zero-order valence-corrected chi connectivity index (χ0v) is 22.3. The third-order valence-corrected chi connectivity index (χ3v) is 8.36. The fourth-order valence-electron chi connectivity index (χ4n) is 6.49. The first-order valence-corrected chi connectivity index (χ1v) is 13.2. The van der Waals surface area contributed by atoms with Crippen LogP contribution in [0.25, 0.3) is 11.1 Å². The topological polar surface area (TPSA) is 3.24 Å². The van der Waals surface area contributed by atoms with E-state index in [0.29, 0.717) is 0 Å². The van der Waals surface area contributed by atoms with E-state index in [2.05, 4.69) is 108 Å². The lowest BCUT2D eigenvalue weighted by Gasteiger charge is -2.40. The summed E-state index contributed by atoms with van der Waals surface area (Å²) in [5.41, 5.74) is 12.7. The van der Waals surface area contributed by atoms with Crippen LogP contribution in [0.4, 0.5) is 11.4 Å². The van der Waals surface area contributed by atoms with E-state index in [1.807, 2.05) is 0 Å². The number of hydrogen-bond acceptors (Lipinski definition) is 1. The summed E-state index contributed by atoms with van der Waals surface area (Å²) in [4.78, 5) is 2.54. The molecule has 0 bridgehead atoms. The largest absolute Gasteiger partial charge is 0.336 e. The molecule has 0 saturated heterocycles. The van der Waals surface area contributed by atoms with E-state index in [-0.39, 0.29) is 11.0 Å². The highest BCUT2D eigenvalue weighted by Gasteiger charge is 2.38. The normalized spacial score (nSPS) is 17.4. The van der Waals surface area contributed by atoms with Gasteiger partial charge in [-0.2, -0.15) is 0 Å². The molecule has 3 aromatic carbocycles. The van der Waals surface area contributed by atoms with Gasteiger partial charge in [-0.25, -0.2) is 0 Å². The van der Waals surface area contributed by atoms with Gasteiger partial charge in [-0.15, -0.1) is 0 Å². The third-order valence-electron chi connectivity index (χ3n) is 8.36. The van der Waals surface area contributed by atoms with Crippen molar-refractivity contribution < 1.29 is 0 Å². The Morgan fingerprint density at radius 2 is 1.41 bits per heavy atom. The fourth-order valence-corrected chi connectivity index (χ4v) is 6.49. The van der Waals surface area contributed by atoms with Crippen molar-refractivity contribution in [3.05, 3.63) is 82.4 Å². The highest BCUT2D eigenvalue weighted by atomic mass is 15.2. The summed E-state index contributed by atoms with van der Waals surface area (Å²) in [7, 11) is 0. The summed E-state index contributed by atoms with van der Waals surface area (Å²) >= 11 is 0. The van der Waals surface area contributed by atoms with Gasteiger partial charge >= 0.3 is 0 Å². The van der Waals surface area contributed by atoms with Crippen LogP contribution in [0, 0.1) is 13.8 Å². The SMILES string of the molecule is Cc1ccccc1N(c1cc2c(cc1C)C(C)(C)c1cc(C3CCCCC3)ccc1-2)C(C)(C)C. The van der Waals surface area contributed by atoms with E-state index in [4.69, 9.17) is 0 Å². The van der Waals surface area contributed by atoms with Crippen molar-refractivity contribution in [3.63, 3.8) is 0 Å². The molecule has 3 aromatic rings. The maximum atomic E-state index is 2.56. The second-order valence-electron chi connectivity index (χ2n) is 12.2. The lowest BCUT2D eigenvalue weighted by molar-refractivity contribution is 0.443. The summed E-state index contributed by atoms with van der Waals surface area (Å²) in [6.45, 7) is 16.3. The first-order valence-electron chi connectivity index (χ1n) is 13.2. The predicted molar refractivity (Wildman–Crippen MR) is 148 cm³/mol. The molecule has 2 aliphatic rings. The second kappa shape index (κ2) is 8.29. The van der Waals surface area contributed by atoms with Crippen molar-refractivity contribution in [3.8, 4) is 11.1 Å². The number of fused-ring (bicyclic) bond motifs is 3. The quantitative estimate of drug-likeness (QED) is 0.383. The van der Waals surface area contributed by atoms with Gasteiger partial charge in [0.1, 0.15) is 0 Å². The van der Waals surface area contributed by atoms with Gasteiger partial charge in [-0.05, 0) is 104 Å². The summed E-state index contributed by atoms with van der Waals surface area (Å²) in [5.74, 6) is 0.744. The Hall–Kier alpha value is -2.54. The molecular formula is C33H41N. The molecular weight excluding hydrogens is 410 g/mol. The van der Waals surface area contributed by atoms with Gasteiger partial charge in [0, 0.05) is 22.3 Å². The van der Waals surface area contributed by atoms with Crippen LogP contribution in [0.3, 0.4) is 0 Å². The second-order valence-corrected chi connectivity index (χ2v) is 12.2. The number of anilines is 2. The first kappa shape index (κ1) is 23.2. The molecule has 0 heterocycles. The fraction of sp³-hybridized carbons (Fsp3) is 0.455. The number of nitrogens with zero attached hydrogens (tertiary/aromatic N) is 1. The molecule has 5 rings (SSSR count). The number of aryl methyl sites for hydroxylation is 2. The van der Waals surface area contributed by atoms with E-state index in [9.17, 15) is 0 Å². The molecule has 34 heavy (non-hydrogen) atoms. The average Bonchev–Trinajstić information content (AvgIpc) is 3.01. The van der Waals surface area contributed by atoms with Gasteiger partial charge in [0.25, 0.3) is 0 Å². The number of para-hydroxylation sites is 1. The van der Waals surface area contributed by atoms with Crippen LogP contribution < -0.4 is 4.90 Å². The van der Waals surface area contributed by atoms with E-state index >= 15 is 0 Å². The Balaban J connectivity index is 1.66. The zero-order valence-electron chi connectivity index (χ0n) is 22.3. The minimum atomic E-state index is -0.0348. The molecule has 0 amide bonds. The Bertz CT molecular complexity index is 1220. The van der Waals surface area contributed by atoms with Crippen molar-refractivity contribution in [2.75, 3.05) is 4.90 Å². The molecule has 2 aliphatic carbocycles. The molecule has 0 unspecified atom stereocenters. The summed E-state index contributed by atoms with van der Waals surface area (Å²) < 4.78 is 0. The number of rotatable bonds is 3. The molecule has 0 radical (unpaired) electrons. The van der Waals surface area contributed by atoms with Gasteiger partial charge in [0.15, 0.2) is 0 Å². The third kappa shape index (κ3) is 3.78.